The highest BCUT2D eigenvalue weighted by Gasteiger charge is 2.50. The van der Waals surface area contributed by atoms with Crippen molar-refractivity contribution in [1.82, 2.24) is 20.4 Å². The average Bonchev–Trinajstić information content (AvgIpc) is 3.53. The quantitative estimate of drug-likeness (QED) is 0.707. The Labute approximate surface area is 166 Å². The predicted molar refractivity (Wildman–Crippen MR) is 103 cm³/mol. The van der Waals surface area contributed by atoms with Crippen molar-refractivity contribution in [2.24, 2.45) is 11.3 Å². The van der Waals surface area contributed by atoms with Crippen molar-refractivity contribution in [3.63, 3.8) is 0 Å². The fourth-order valence-corrected chi connectivity index (χ4v) is 4.99. The van der Waals surface area contributed by atoms with Crippen molar-refractivity contribution < 1.29 is 14.4 Å². The maximum atomic E-state index is 11.6. The van der Waals surface area contributed by atoms with Gasteiger partial charge in [0.1, 0.15) is 0 Å². The fraction of sp³-hybridized carbons (Fsp3) is 0.857. The first-order valence-electron chi connectivity index (χ1n) is 11.0. The Balaban J connectivity index is 1.15. The molecule has 0 bridgehead atoms. The SMILES string of the molecule is C[C@@H]1C[C@H]1NCC1(c2noc(C3CCN(CC4(C(=O)O)CCC4)CC3)n2)CC1. The van der Waals surface area contributed by atoms with Crippen LogP contribution >= 0.6 is 0 Å². The van der Waals surface area contributed by atoms with E-state index in [0.29, 0.717) is 18.5 Å². The second kappa shape index (κ2) is 6.80. The molecule has 1 aromatic heterocycles. The minimum atomic E-state index is -0.619. The van der Waals surface area contributed by atoms with Crippen LogP contribution in [-0.4, -0.2) is 58.3 Å². The second-order valence-corrected chi connectivity index (χ2v) is 9.93. The molecule has 0 unspecified atom stereocenters. The van der Waals surface area contributed by atoms with E-state index in [1.807, 2.05) is 0 Å². The van der Waals surface area contributed by atoms with E-state index in [4.69, 9.17) is 9.51 Å². The molecule has 0 radical (unpaired) electrons. The number of nitrogens with one attached hydrogen (secondary N) is 1. The summed E-state index contributed by atoms with van der Waals surface area (Å²) in [5.74, 6) is 2.18. The molecule has 28 heavy (non-hydrogen) atoms. The molecule has 2 heterocycles. The van der Waals surface area contributed by atoms with E-state index < -0.39 is 11.4 Å². The zero-order valence-corrected chi connectivity index (χ0v) is 16.8. The predicted octanol–water partition coefficient (Wildman–Crippen LogP) is 2.53. The molecule has 5 rings (SSSR count). The first-order chi connectivity index (χ1) is 13.5. The lowest BCUT2D eigenvalue weighted by Crippen LogP contribution is -2.49. The summed E-state index contributed by atoms with van der Waals surface area (Å²) in [5.41, 5.74) is -0.391. The number of aliphatic carboxylic acids is 1. The molecular weight excluding hydrogens is 356 g/mol. The first kappa shape index (κ1) is 18.6. The lowest BCUT2D eigenvalue weighted by Gasteiger charge is -2.43. The second-order valence-electron chi connectivity index (χ2n) is 9.93. The Bertz CT molecular complexity index is 732. The first-order valence-corrected chi connectivity index (χ1v) is 11.0. The van der Waals surface area contributed by atoms with E-state index in [2.05, 4.69) is 22.3 Å². The molecule has 0 amide bonds. The van der Waals surface area contributed by atoms with Gasteiger partial charge in [0.05, 0.1) is 5.41 Å². The Morgan fingerprint density at radius 2 is 2.00 bits per heavy atom. The summed E-state index contributed by atoms with van der Waals surface area (Å²) < 4.78 is 5.68. The third kappa shape index (κ3) is 3.36. The maximum absolute atomic E-state index is 11.6. The molecule has 7 nitrogen and oxygen atoms in total. The average molecular weight is 389 g/mol. The molecule has 7 heteroatoms. The number of likely N-dealkylation sites (tertiary alicyclic amines) is 1. The summed E-state index contributed by atoms with van der Waals surface area (Å²) in [6.07, 6.45) is 8.23. The van der Waals surface area contributed by atoms with E-state index in [0.717, 1.165) is 82.2 Å². The van der Waals surface area contributed by atoms with Gasteiger partial charge in [-0.1, -0.05) is 18.5 Å². The number of hydrogen-bond acceptors (Lipinski definition) is 6. The van der Waals surface area contributed by atoms with Crippen molar-refractivity contribution in [2.45, 2.75) is 75.7 Å². The normalized spacial score (nSPS) is 31.3. The van der Waals surface area contributed by atoms with E-state index >= 15 is 0 Å². The molecule has 1 aliphatic heterocycles. The number of nitrogens with zero attached hydrogens (tertiary/aromatic N) is 3. The van der Waals surface area contributed by atoms with Gasteiger partial charge in [0.15, 0.2) is 5.82 Å². The van der Waals surface area contributed by atoms with Gasteiger partial charge in [0.2, 0.25) is 5.89 Å². The lowest BCUT2D eigenvalue weighted by atomic mass is 9.68. The molecule has 4 fully saturated rings. The van der Waals surface area contributed by atoms with Gasteiger partial charge in [0, 0.05) is 30.5 Å². The third-order valence-corrected chi connectivity index (χ3v) is 7.81. The molecule has 3 saturated carbocycles. The monoisotopic (exact) mass is 388 g/mol. The summed E-state index contributed by atoms with van der Waals surface area (Å²) in [6.45, 7) is 5.79. The van der Waals surface area contributed by atoms with Crippen LogP contribution in [0.4, 0.5) is 0 Å². The van der Waals surface area contributed by atoms with Crippen LogP contribution in [0.5, 0.6) is 0 Å². The van der Waals surface area contributed by atoms with Crippen LogP contribution in [0.15, 0.2) is 4.52 Å². The van der Waals surface area contributed by atoms with Gasteiger partial charge >= 0.3 is 5.97 Å². The van der Waals surface area contributed by atoms with Crippen molar-refractivity contribution in [3.8, 4) is 0 Å². The van der Waals surface area contributed by atoms with Crippen molar-refractivity contribution >= 4 is 5.97 Å². The van der Waals surface area contributed by atoms with Crippen molar-refractivity contribution in [3.05, 3.63) is 11.7 Å². The number of rotatable bonds is 8. The Hall–Kier alpha value is -1.47. The molecule has 1 aromatic rings. The van der Waals surface area contributed by atoms with Crippen LogP contribution in [0.1, 0.15) is 75.9 Å². The zero-order valence-electron chi connectivity index (χ0n) is 16.8. The smallest absolute Gasteiger partial charge is 0.310 e. The Morgan fingerprint density at radius 3 is 2.54 bits per heavy atom. The van der Waals surface area contributed by atoms with Crippen LogP contribution in [0.3, 0.4) is 0 Å². The van der Waals surface area contributed by atoms with Crippen LogP contribution in [0.2, 0.25) is 0 Å². The molecule has 4 aliphatic rings. The number of piperidine rings is 1. The molecule has 0 aromatic carbocycles. The Kier molecular flexibility index (Phi) is 4.51. The lowest BCUT2D eigenvalue weighted by molar-refractivity contribution is -0.156. The summed E-state index contributed by atoms with van der Waals surface area (Å²) in [6, 6.07) is 0.679. The summed E-state index contributed by atoms with van der Waals surface area (Å²) in [4.78, 5) is 18.8. The number of carboxylic acids is 1. The minimum absolute atomic E-state index is 0.100. The van der Waals surface area contributed by atoms with Crippen LogP contribution < -0.4 is 5.32 Å². The highest BCUT2D eigenvalue weighted by atomic mass is 16.5. The number of hydrogen-bond donors (Lipinski definition) is 2. The molecule has 1 saturated heterocycles. The van der Waals surface area contributed by atoms with E-state index in [9.17, 15) is 9.90 Å². The minimum Gasteiger partial charge on any atom is -0.481 e. The Morgan fingerprint density at radius 1 is 1.29 bits per heavy atom. The highest BCUT2D eigenvalue weighted by Crippen LogP contribution is 2.47. The zero-order chi connectivity index (χ0) is 19.4. The summed E-state index contributed by atoms with van der Waals surface area (Å²) in [5, 5.41) is 17.6. The number of aromatic nitrogens is 2. The topological polar surface area (TPSA) is 91.5 Å². The molecular formula is C21H32N4O3. The standard InChI is InChI=1S/C21H32N4O3/c1-14-11-16(14)22-12-20(7-8-20)18-23-17(28-24-18)15-3-9-25(10-4-15)13-21(19(26)27)5-2-6-21/h14-16,22H,2-13H2,1H3,(H,26,27)/t14-,16-/m1/s1. The van der Waals surface area contributed by atoms with Gasteiger partial charge in [-0.15, -0.1) is 0 Å². The summed E-state index contributed by atoms with van der Waals surface area (Å²) in [7, 11) is 0. The number of carbonyl (C=O) groups is 1. The molecule has 2 atom stereocenters. The van der Waals surface area contributed by atoms with E-state index in [1.54, 1.807) is 0 Å². The van der Waals surface area contributed by atoms with Gasteiger partial charge in [-0.2, -0.15) is 4.98 Å². The van der Waals surface area contributed by atoms with Gasteiger partial charge in [0.25, 0.3) is 0 Å². The highest BCUT2D eigenvalue weighted by molar-refractivity contribution is 5.76. The van der Waals surface area contributed by atoms with Gasteiger partial charge in [-0.05, 0) is 64.0 Å². The maximum Gasteiger partial charge on any atom is 0.310 e. The van der Waals surface area contributed by atoms with Crippen molar-refractivity contribution in [2.75, 3.05) is 26.2 Å². The van der Waals surface area contributed by atoms with E-state index in [1.165, 1.54) is 6.42 Å². The molecule has 3 aliphatic carbocycles. The van der Waals surface area contributed by atoms with Gasteiger partial charge in [-0.25, -0.2) is 0 Å². The molecule has 0 spiro atoms. The number of carboxylic acid groups (broad SMARTS) is 1. The fourth-order valence-electron chi connectivity index (χ4n) is 4.99. The summed E-state index contributed by atoms with van der Waals surface area (Å²) >= 11 is 0. The van der Waals surface area contributed by atoms with Crippen LogP contribution in [0, 0.1) is 11.3 Å². The van der Waals surface area contributed by atoms with Gasteiger partial charge in [-0.3, -0.25) is 4.79 Å². The van der Waals surface area contributed by atoms with Crippen LogP contribution in [0.25, 0.3) is 0 Å². The molecule has 2 N–H and O–H groups in total. The third-order valence-electron chi connectivity index (χ3n) is 7.81. The van der Waals surface area contributed by atoms with Gasteiger partial charge < -0.3 is 19.8 Å². The van der Waals surface area contributed by atoms with E-state index in [-0.39, 0.29) is 5.41 Å². The molecule has 154 valence electrons. The van der Waals surface area contributed by atoms with Crippen LogP contribution in [-0.2, 0) is 10.2 Å². The largest absolute Gasteiger partial charge is 0.481 e. The van der Waals surface area contributed by atoms with Crippen molar-refractivity contribution in [1.29, 1.82) is 0 Å².